The maximum atomic E-state index is 11.5. The first-order valence-electron chi connectivity index (χ1n) is 10.5. The van der Waals surface area contributed by atoms with E-state index in [0.717, 1.165) is 69.1 Å². The van der Waals surface area contributed by atoms with Crippen molar-refractivity contribution in [3.8, 4) is 5.88 Å². The van der Waals surface area contributed by atoms with Crippen molar-refractivity contribution in [1.82, 2.24) is 14.9 Å². The summed E-state index contributed by atoms with van der Waals surface area (Å²) in [6, 6.07) is 10.1. The summed E-state index contributed by atoms with van der Waals surface area (Å²) < 4.78 is 5.79. The van der Waals surface area contributed by atoms with Crippen LogP contribution in [0.25, 0.3) is 0 Å². The van der Waals surface area contributed by atoms with Crippen LogP contribution in [-0.2, 0) is 11.2 Å². The number of rotatable bonds is 7. The Hall–Kier alpha value is -2.67. The number of fused-ring (bicyclic) bond motifs is 1. The monoisotopic (exact) mass is 395 g/mol. The summed E-state index contributed by atoms with van der Waals surface area (Å²) in [5.74, 6) is 2.36. The molecule has 154 valence electrons. The Bertz CT molecular complexity index is 849. The first-order chi connectivity index (χ1) is 14.2. The number of carbonyl (C=O) groups excluding carboxylic acids is 1. The van der Waals surface area contributed by atoms with E-state index in [-0.39, 0.29) is 5.91 Å². The Morgan fingerprint density at radius 3 is 2.72 bits per heavy atom. The molecule has 1 N–H and O–H groups in total. The molecule has 0 aromatic carbocycles. The minimum absolute atomic E-state index is 0.0282. The van der Waals surface area contributed by atoms with Crippen LogP contribution in [0.5, 0.6) is 5.88 Å². The van der Waals surface area contributed by atoms with E-state index >= 15 is 0 Å². The van der Waals surface area contributed by atoms with E-state index in [1.807, 2.05) is 25.1 Å². The van der Waals surface area contributed by atoms with E-state index in [1.54, 1.807) is 0 Å². The number of nitrogens with zero attached hydrogens (tertiary/aromatic N) is 4. The molecule has 29 heavy (non-hydrogen) atoms. The van der Waals surface area contributed by atoms with Crippen molar-refractivity contribution in [1.29, 1.82) is 0 Å². The molecule has 0 saturated carbocycles. The van der Waals surface area contributed by atoms with Gasteiger partial charge in [-0.2, -0.15) is 4.98 Å². The minimum atomic E-state index is 0.0282. The second-order valence-corrected chi connectivity index (χ2v) is 7.73. The van der Waals surface area contributed by atoms with Gasteiger partial charge in [-0.1, -0.05) is 6.07 Å². The molecule has 0 unspecified atom stereocenters. The molecule has 7 nitrogen and oxygen atoms in total. The standard InChI is InChI=1S/C22H29N5O2/c1-17-5-4-6-19(23-17)27-14-12-26(13-15-27)11-2-3-16-29-21-10-8-18-7-9-20(28)24-22(18)25-21/h4-6,8,10H,2-3,7,9,11-16H2,1H3,(H,24,25,28). The van der Waals surface area contributed by atoms with E-state index < -0.39 is 0 Å². The maximum absolute atomic E-state index is 11.5. The van der Waals surface area contributed by atoms with Crippen LogP contribution in [0.2, 0.25) is 0 Å². The summed E-state index contributed by atoms with van der Waals surface area (Å²) in [6.45, 7) is 7.97. The number of hydrogen-bond acceptors (Lipinski definition) is 6. The van der Waals surface area contributed by atoms with Crippen molar-refractivity contribution in [2.75, 3.05) is 49.5 Å². The van der Waals surface area contributed by atoms with Crippen molar-refractivity contribution in [2.24, 2.45) is 0 Å². The Labute approximate surface area is 172 Å². The topological polar surface area (TPSA) is 70.6 Å². The van der Waals surface area contributed by atoms with Gasteiger partial charge in [-0.05, 0) is 56.5 Å². The summed E-state index contributed by atoms with van der Waals surface area (Å²) >= 11 is 0. The SMILES string of the molecule is Cc1cccc(N2CCN(CCCCOc3ccc4c(n3)NC(=O)CC4)CC2)n1. The van der Waals surface area contributed by atoms with E-state index in [9.17, 15) is 4.79 Å². The third-order valence-electron chi connectivity index (χ3n) is 5.52. The molecule has 1 saturated heterocycles. The van der Waals surface area contributed by atoms with Gasteiger partial charge in [-0.15, -0.1) is 0 Å². The second-order valence-electron chi connectivity index (χ2n) is 7.73. The average Bonchev–Trinajstić information content (AvgIpc) is 2.73. The number of pyridine rings is 2. The van der Waals surface area contributed by atoms with Crippen LogP contribution in [0.4, 0.5) is 11.6 Å². The van der Waals surface area contributed by atoms with Gasteiger partial charge >= 0.3 is 0 Å². The number of aryl methyl sites for hydroxylation is 2. The quantitative estimate of drug-likeness (QED) is 0.727. The molecule has 2 aromatic heterocycles. The molecule has 0 radical (unpaired) electrons. The van der Waals surface area contributed by atoms with Crippen molar-refractivity contribution >= 4 is 17.5 Å². The average molecular weight is 396 g/mol. The molecule has 0 aliphatic carbocycles. The van der Waals surface area contributed by atoms with Gasteiger partial charge in [0, 0.05) is 44.4 Å². The fourth-order valence-electron chi connectivity index (χ4n) is 3.82. The number of carbonyl (C=O) groups is 1. The van der Waals surface area contributed by atoms with Crippen molar-refractivity contribution in [3.63, 3.8) is 0 Å². The van der Waals surface area contributed by atoms with Gasteiger partial charge in [0.05, 0.1) is 6.61 Å². The highest BCUT2D eigenvalue weighted by molar-refractivity contribution is 5.92. The molecule has 0 bridgehead atoms. The highest BCUT2D eigenvalue weighted by Crippen LogP contribution is 2.23. The van der Waals surface area contributed by atoms with Crippen LogP contribution < -0.4 is 15.0 Å². The first kappa shape index (κ1) is 19.6. The molecule has 7 heteroatoms. The smallest absolute Gasteiger partial charge is 0.225 e. The molecule has 4 heterocycles. The van der Waals surface area contributed by atoms with Crippen molar-refractivity contribution in [2.45, 2.75) is 32.6 Å². The fourth-order valence-corrected chi connectivity index (χ4v) is 3.82. The van der Waals surface area contributed by atoms with Gasteiger partial charge in [0.15, 0.2) is 0 Å². The Kier molecular flexibility index (Phi) is 6.24. The van der Waals surface area contributed by atoms with Gasteiger partial charge in [-0.25, -0.2) is 4.98 Å². The molecular formula is C22H29N5O2. The Balaban J connectivity index is 1.14. The summed E-state index contributed by atoms with van der Waals surface area (Å²) in [4.78, 5) is 25.4. The zero-order chi connectivity index (χ0) is 20.1. The summed E-state index contributed by atoms with van der Waals surface area (Å²) in [5.41, 5.74) is 2.15. The van der Waals surface area contributed by atoms with Gasteiger partial charge in [0.25, 0.3) is 0 Å². The van der Waals surface area contributed by atoms with Crippen LogP contribution >= 0.6 is 0 Å². The van der Waals surface area contributed by atoms with Crippen molar-refractivity contribution in [3.05, 3.63) is 41.6 Å². The Morgan fingerprint density at radius 1 is 1.03 bits per heavy atom. The third-order valence-corrected chi connectivity index (χ3v) is 5.52. The zero-order valence-corrected chi connectivity index (χ0v) is 17.1. The molecule has 4 rings (SSSR count). The number of unbranched alkanes of at least 4 members (excludes halogenated alkanes) is 1. The molecule has 1 fully saturated rings. The largest absolute Gasteiger partial charge is 0.478 e. The minimum Gasteiger partial charge on any atom is -0.478 e. The van der Waals surface area contributed by atoms with Gasteiger partial charge in [-0.3, -0.25) is 9.69 Å². The number of anilines is 2. The summed E-state index contributed by atoms with van der Waals surface area (Å²) in [7, 11) is 0. The number of amides is 1. The van der Waals surface area contributed by atoms with E-state index in [4.69, 9.17) is 4.74 Å². The van der Waals surface area contributed by atoms with Crippen molar-refractivity contribution < 1.29 is 9.53 Å². The highest BCUT2D eigenvalue weighted by atomic mass is 16.5. The lowest BCUT2D eigenvalue weighted by Crippen LogP contribution is -2.47. The number of hydrogen-bond donors (Lipinski definition) is 1. The molecule has 2 aliphatic heterocycles. The van der Waals surface area contributed by atoms with Crippen LogP contribution in [0.1, 0.15) is 30.5 Å². The normalized spacial score (nSPS) is 17.0. The number of piperazine rings is 1. The molecule has 0 spiro atoms. The lowest BCUT2D eigenvalue weighted by molar-refractivity contribution is -0.116. The predicted octanol–water partition coefficient (Wildman–Crippen LogP) is 2.65. The van der Waals surface area contributed by atoms with Gasteiger partial charge in [0.2, 0.25) is 11.8 Å². The molecule has 2 aliphatic rings. The van der Waals surface area contributed by atoms with Gasteiger partial charge in [0.1, 0.15) is 11.6 Å². The maximum Gasteiger partial charge on any atom is 0.225 e. The summed E-state index contributed by atoms with van der Waals surface area (Å²) in [5, 5.41) is 2.82. The number of nitrogens with one attached hydrogen (secondary N) is 1. The molecule has 0 atom stereocenters. The summed E-state index contributed by atoms with van der Waals surface area (Å²) in [6.07, 6.45) is 3.38. The number of ether oxygens (including phenoxy) is 1. The lowest BCUT2D eigenvalue weighted by atomic mass is 10.1. The van der Waals surface area contributed by atoms with Crippen LogP contribution in [0.3, 0.4) is 0 Å². The van der Waals surface area contributed by atoms with E-state index in [1.165, 1.54) is 0 Å². The molecular weight excluding hydrogens is 366 g/mol. The van der Waals surface area contributed by atoms with Crippen LogP contribution in [0.15, 0.2) is 30.3 Å². The lowest BCUT2D eigenvalue weighted by Gasteiger charge is -2.35. The van der Waals surface area contributed by atoms with E-state index in [0.29, 0.717) is 24.7 Å². The second kappa shape index (κ2) is 9.22. The fraction of sp³-hybridized carbons (Fsp3) is 0.500. The highest BCUT2D eigenvalue weighted by Gasteiger charge is 2.18. The van der Waals surface area contributed by atoms with Crippen LogP contribution in [0, 0.1) is 6.92 Å². The Morgan fingerprint density at radius 2 is 1.90 bits per heavy atom. The third kappa shape index (κ3) is 5.23. The van der Waals surface area contributed by atoms with Crippen LogP contribution in [-0.4, -0.2) is 60.1 Å². The molecule has 2 aromatic rings. The predicted molar refractivity (Wildman–Crippen MR) is 114 cm³/mol. The van der Waals surface area contributed by atoms with E-state index in [2.05, 4.69) is 37.2 Å². The van der Waals surface area contributed by atoms with Gasteiger partial charge < -0.3 is 15.0 Å². The first-order valence-corrected chi connectivity index (χ1v) is 10.5. The zero-order valence-electron chi connectivity index (χ0n) is 17.1. The number of aromatic nitrogens is 2. The molecule has 1 amide bonds.